The second kappa shape index (κ2) is 9.19. The third-order valence-electron chi connectivity index (χ3n) is 4.86. The van der Waals surface area contributed by atoms with Crippen molar-refractivity contribution in [2.45, 2.75) is 26.2 Å². The molecular weight excluding hydrogens is 424 g/mol. The predicted octanol–water partition coefficient (Wildman–Crippen LogP) is 3.69. The normalized spacial score (nSPS) is 14.6. The number of ketones is 1. The molecule has 0 saturated carbocycles. The first-order chi connectivity index (χ1) is 13.4. The van der Waals surface area contributed by atoms with Crippen molar-refractivity contribution in [3.05, 3.63) is 58.0 Å². The third-order valence-corrected chi connectivity index (χ3v) is 5.29. The fourth-order valence-electron chi connectivity index (χ4n) is 3.22. The Morgan fingerprint density at radius 3 is 2.29 bits per heavy atom. The summed E-state index contributed by atoms with van der Waals surface area (Å²) in [6, 6.07) is 10.7. The first-order valence-corrected chi connectivity index (χ1v) is 10.2. The standard InChI is InChI=1S/C21H23BrN2O4/c1-15-3-5-16(6-4-15)17(25)7-10-20(26)23-11-2-12-24(14-13-23)21(27)18-8-9-19(22)28-18/h3-6,8-9H,2,7,10-14H2,1H3. The number of benzene rings is 1. The molecule has 0 spiro atoms. The van der Waals surface area contributed by atoms with Crippen molar-refractivity contribution in [2.75, 3.05) is 26.2 Å². The van der Waals surface area contributed by atoms with E-state index >= 15 is 0 Å². The minimum atomic E-state index is -0.172. The maximum absolute atomic E-state index is 12.5. The van der Waals surface area contributed by atoms with E-state index in [0.717, 1.165) is 5.56 Å². The van der Waals surface area contributed by atoms with Crippen LogP contribution in [0.15, 0.2) is 45.5 Å². The van der Waals surface area contributed by atoms with Gasteiger partial charge in [0, 0.05) is 44.6 Å². The number of carbonyl (C=O) groups is 3. The Morgan fingerprint density at radius 1 is 0.929 bits per heavy atom. The minimum Gasteiger partial charge on any atom is -0.444 e. The average Bonchev–Trinajstić information content (AvgIpc) is 2.98. The highest BCUT2D eigenvalue weighted by Gasteiger charge is 2.24. The predicted molar refractivity (Wildman–Crippen MR) is 108 cm³/mol. The summed E-state index contributed by atoms with van der Waals surface area (Å²) in [5.74, 6) is 0.0452. The molecule has 2 heterocycles. The first-order valence-electron chi connectivity index (χ1n) is 9.36. The van der Waals surface area contributed by atoms with Crippen LogP contribution in [0.1, 0.15) is 45.7 Å². The van der Waals surface area contributed by atoms with E-state index in [9.17, 15) is 14.4 Å². The molecule has 0 atom stereocenters. The van der Waals surface area contributed by atoms with Crippen molar-refractivity contribution in [3.8, 4) is 0 Å². The Labute approximate surface area is 172 Å². The molecule has 0 aliphatic carbocycles. The maximum Gasteiger partial charge on any atom is 0.289 e. The van der Waals surface area contributed by atoms with Gasteiger partial charge in [-0.3, -0.25) is 14.4 Å². The van der Waals surface area contributed by atoms with E-state index < -0.39 is 0 Å². The highest BCUT2D eigenvalue weighted by atomic mass is 79.9. The topological polar surface area (TPSA) is 70.8 Å². The van der Waals surface area contributed by atoms with Crippen LogP contribution < -0.4 is 0 Å². The zero-order chi connectivity index (χ0) is 20.1. The number of carbonyl (C=O) groups excluding carboxylic acids is 3. The van der Waals surface area contributed by atoms with Crippen molar-refractivity contribution in [1.29, 1.82) is 0 Å². The number of Topliss-reactive ketones (excluding diaryl/α,β-unsaturated/α-hetero) is 1. The maximum atomic E-state index is 12.5. The molecule has 1 saturated heterocycles. The van der Waals surface area contributed by atoms with Crippen molar-refractivity contribution in [1.82, 2.24) is 9.80 Å². The SMILES string of the molecule is Cc1ccc(C(=O)CCC(=O)N2CCCN(C(=O)c3ccc(Br)o3)CC2)cc1. The van der Waals surface area contributed by atoms with E-state index in [1.165, 1.54) is 0 Å². The molecule has 1 aliphatic heterocycles. The molecule has 1 aromatic carbocycles. The largest absolute Gasteiger partial charge is 0.444 e. The number of hydrogen-bond acceptors (Lipinski definition) is 4. The third kappa shape index (κ3) is 5.10. The smallest absolute Gasteiger partial charge is 0.289 e. The van der Waals surface area contributed by atoms with Crippen molar-refractivity contribution >= 4 is 33.5 Å². The Kier molecular flexibility index (Phi) is 6.67. The van der Waals surface area contributed by atoms with Gasteiger partial charge in [-0.05, 0) is 41.4 Å². The molecule has 2 aromatic rings. The number of amides is 2. The van der Waals surface area contributed by atoms with Crippen LogP contribution in [0.25, 0.3) is 0 Å². The molecule has 28 heavy (non-hydrogen) atoms. The van der Waals surface area contributed by atoms with Gasteiger partial charge in [-0.25, -0.2) is 0 Å². The molecule has 6 nitrogen and oxygen atoms in total. The fourth-order valence-corrected chi connectivity index (χ4v) is 3.52. The summed E-state index contributed by atoms with van der Waals surface area (Å²) in [6.45, 7) is 4.04. The molecule has 148 valence electrons. The minimum absolute atomic E-state index is 0.0247. The van der Waals surface area contributed by atoms with Gasteiger partial charge in [-0.15, -0.1) is 0 Å². The van der Waals surface area contributed by atoms with Crippen LogP contribution >= 0.6 is 15.9 Å². The van der Waals surface area contributed by atoms with E-state index in [-0.39, 0.29) is 36.2 Å². The van der Waals surface area contributed by atoms with Crippen molar-refractivity contribution in [2.24, 2.45) is 0 Å². The highest BCUT2D eigenvalue weighted by molar-refractivity contribution is 9.10. The van der Waals surface area contributed by atoms with Gasteiger partial charge in [0.1, 0.15) is 0 Å². The molecule has 3 rings (SSSR count). The van der Waals surface area contributed by atoms with Gasteiger partial charge in [0.05, 0.1) is 0 Å². The molecule has 0 N–H and O–H groups in total. The van der Waals surface area contributed by atoms with Crippen LogP contribution in [0, 0.1) is 6.92 Å². The van der Waals surface area contributed by atoms with E-state index in [1.807, 2.05) is 19.1 Å². The second-order valence-corrected chi connectivity index (χ2v) is 7.70. The van der Waals surface area contributed by atoms with E-state index in [0.29, 0.717) is 42.8 Å². The Bertz CT molecular complexity index is 860. The number of halogens is 1. The highest BCUT2D eigenvalue weighted by Crippen LogP contribution is 2.17. The number of hydrogen-bond donors (Lipinski definition) is 0. The quantitative estimate of drug-likeness (QED) is 0.656. The Balaban J connectivity index is 1.50. The Hall–Kier alpha value is -2.41. The van der Waals surface area contributed by atoms with Gasteiger partial charge in [0.2, 0.25) is 5.91 Å². The van der Waals surface area contributed by atoms with Crippen molar-refractivity contribution in [3.63, 3.8) is 0 Å². The molecule has 0 bridgehead atoms. The second-order valence-electron chi connectivity index (χ2n) is 6.92. The molecule has 0 radical (unpaired) electrons. The number of rotatable bonds is 5. The molecule has 7 heteroatoms. The first kappa shape index (κ1) is 20.3. The van der Waals surface area contributed by atoms with Gasteiger partial charge in [0.25, 0.3) is 5.91 Å². The summed E-state index contributed by atoms with van der Waals surface area (Å²) in [4.78, 5) is 40.8. The zero-order valence-electron chi connectivity index (χ0n) is 15.8. The summed E-state index contributed by atoms with van der Waals surface area (Å²) in [6.07, 6.45) is 1.08. The van der Waals surface area contributed by atoms with Crippen LogP contribution in [0.2, 0.25) is 0 Å². The van der Waals surface area contributed by atoms with E-state index in [4.69, 9.17) is 4.42 Å². The van der Waals surface area contributed by atoms with Crippen LogP contribution in [-0.4, -0.2) is 53.6 Å². The van der Waals surface area contributed by atoms with Gasteiger partial charge < -0.3 is 14.2 Å². The summed E-state index contributed by atoms with van der Waals surface area (Å²) in [5, 5.41) is 0. The fraction of sp³-hybridized carbons (Fsp3) is 0.381. The van der Waals surface area contributed by atoms with E-state index in [1.54, 1.807) is 34.1 Å². The van der Waals surface area contributed by atoms with Crippen LogP contribution in [-0.2, 0) is 4.79 Å². The Morgan fingerprint density at radius 2 is 1.61 bits per heavy atom. The lowest BCUT2D eigenvalue weighted by molar-refractivity contribution is -0.131. The van der Waals surface area contributed by atoms with Crippen molar-refractivity contribution < 1.29 is 18.8 Å². The lowest BCUT2D eigenvalue weighted by Gasteiger charge is -2.21. The molecule has 2 amide bonds. The summed E-state index contributed by atoms with van der Waals surface area (Å²) in [5.41, 5.74) is 1.73. The average molecular weight is 447 g/mol. The van der Waals surface area contributed by atoms with Crippen LogP contribution in [0.4, 0.5) is 0 Å². The monoisotopic (exact) mass is 446 g/mol. The molecule has 0 unspecified atom stereocenters. The summed E-state index contributed by atoms with van der Waals surface area (Å²) in [7, 11) is 0. The lowest BCUT2D eigenvalue weighted by Crippen LogP contribution is -2.37. The van der Waals surface area contributed by atoms with Gasteiger partial charge in [-0.1, -0.05) is 29.8 Å². The molecule has 1 aromatic heterocycles. The summed E-state index contributed by atoms with van der Waals surface area (Å²) < 4.78 is 5.85. The van der Waals surface area contributed by atoms with Gasteiger partial charge >= 0.3 is 0 Å². The van der Waals surface area contributed by atoms with Gasteiger partial charge in [0.15, 0.2) is 16.2 Å². The molecular formula is C21H23BrN2O4. The van der Waals surface area contributed by atoms with E-state index in [2.05, 4.69) is 15.9 Å². The lowest BCUT2D eigenvalue weighted by atomic mass is 10.0. The van der Waals surface area contributed by atoms with Crippen LogP contribution in [0.5, 0.6) is 0 Å². The molecule has 1 aliphatic rings. The molecule has 1 fully saturated rings. The number of nitrogens with zero attached hydrogens (tertiary/aromatic N) is 2. The number of aryl methyl sites for hydroxylation is 1. The van der Waals surface area contributed by atoms with Gasteiger partial charge in [-0.2, -0.15) is 0 Å². The van der Waals surface area contributed by atoms with Crippen LogP contribution in [0.3, 0.4) is 0 Å². The summed E-state index contributed by atoms with van der Waals surface area (Å²) >= 11 is 3.20. The zero-order valence-corrected chi connectivity index (χ0v) is 17.4. The number of furan rings is 1.